The summed E-state index contributed by atoms with van der Waals surface area (Å²) in [4.78, 5) is 169. The first-order valence-electron chi connectivity index (χ1n) is 30.7. The molecule has 0 aromatic carbocycles. The zero-order valence-electron chi connectivity index (χ0n) is 56.6. The number of aliphatic hydroxyl groups is 1. The van der Waals surface area contributed by atoms with E-state index in [1.807, 2.05) is 55.4 Å². The largest absolute Gasteiger partial charge is 0.390 e. The first kappa shape index (κ1) is 77.6. The van der Waals surface area contributed by atoms with E-state index in [0.29, 0.717) is 6.42 Å². The molecule has 1 rings (SSSR count). The molecule has 1 heterocycles. The molecule has 5 N–H and O–H groups in total. The third-order valence-electron chi connectivity index (χ3n) is 16.2. The molecular formula is C63H111N11O12. The summed E-state index contributed by atoms with van der Waals surface area (Å²) in [6.45, 7) is 33.7. The minimum absolute atomic E-state index is 0.0255. The van der Waals surface area contributed by atoms with E-state index < -0.39 is 149 Å². The van der Waals surface area contributed by atoms with E-state index in [4.69, 9.17) is 0 Å². The van der Waals surface area contributed by atoms with Gasteiger partial charge in [0.1, 0.15) is 66.1 Å². The molecule has 1 aliphatic heterocycles. The Morgan fingerprint density at radius 2 is 0.872 bits per heavy atom. The lowest BCUT2D eigenvalue weighted by atomic mass is 9.91. The molecule has 12 atom stereocenters. The second-order valence-electron chi connectivity index (χ2n) is 26.2. The van der Waals surface area contributed by atoms with Gasteiger partial charge in [0.05, 0.1) is 6.10 Å². The number of nitrogens with zero attached hydrogens (tertiary/aromatic N) is 7. The molecule has 0 aromatic heterocycles. The Bertz CT molecular complexity index is 2410. The number of nitrogens with one attached hydrogen (secondary N) is 4. The predicted molar refractivity (Wildman–Crippen MR) is 333 cm³/mol. The quantitative estimate of drug-likeness (QED) is 0.116. The summed E-state index contributed by atoms with van der Waals surface area (Å²) in [6.07, 6.45) is 2.87. The first-order chi connectivity index (χ1) is 39.6. The molecule has 0 bridgehead atoms. The van der Waals surface area contributed by atoms with Crippen molar-refractivity contribution >= 4 is 65.0 Å². The van der Waals surface area contributed by atoms with Crippen LogP contribution >= 0.6 is 0 Å². The molecule has 490 valence electrons. The normalized spacial score (nSPS) is 26.8. The van der Waals surface area contributed by atoms with Crippen molar-refractivity contribution in [1.29, 1.82) is 0 Å². The van der Waals surface area contributed by atoms with Crippen molar-refractivity contribution in [3.63, 3.8) is 0 Å². The van der Waals surface area contributed by atoms with Gasteiger partial charge in [-0.1, -0.05) is 116 Å². The van der Waals surface area contributed by atoms with Crippen molar-refractivity contribution in [3.05, 3.63) is 24.4 Å². The number of hydrogen-bond donors (Lipinski definition) is 5. The van der Waals surface area contributed by atoms with E-state index in [0.717, 1.165) is 14.7 Å². The highest BCUT2D eigenvalue weighted by atomic mass is 16.3. The zero-order valence-corrected chi connectivity index (χ0v) is 56.6. The molecule has 0 radical (unpaired) electrons. The fraction of sp³-hybridized carbons (Fsp3) is 0.762. The van der Waals surface area contributed by atoms with Gasteiger partial charge in [0.25, 0.3) is 5.91 Å². The highest BCUT2D eigenvalue weighted by Crippen LogP contribution is 2.26. The summed E-state index contributed by atoms with van der Waals surface area (Å²) in [6, 6.07) is -12.6. The molecule has 1 saturated heterocycles. The van der Waals surface area contributed by atoms with Crippen LogP contribution in [-0.4, -0.2) is 220 Å². The maximum Gasteiger partial charge on any atom is 0.270 e. The van der Waals surface area contributed by atoms with Crippen molar-refractivity contribution < 1.29 is 57.8 Å². The highest BCUT2D eigenvalue weighted by molar-refractivity contribution is 6.02. The molecule has 0 spiro atoms. The SMILES string of the molecule is C=C1C(=O)N(C)[C@@H](CC(C)C)C(=O)N[C@@H](C(C)C)C(=O)N(C)[C@@H](CC(C)C)C(=O)N[C@@H](C)C(=O)N[C@@H](C)C(=O)N(C)[C@@H](CC(C)C)C(=O)N(C)[C@@H](CC(C)C)C(=O)N(C)[C@@H](C(C)C)C(=O)N(C)[C@@H]([C@H](O)[C@H](C)C/C=C/C)C(=O)N[C@@H](CC)C(=O)N1C. The minimum Gasteiger partial charge on any atom is -0.390 e. The summed E-state index contributed by atoms with van der Waals surface area (Å²) in [5.41, 5.74) is -0.363. The smallest absolute Gasteiger partial charge is 0.270 e. The van der Waals surface area contributed by atoms with E-state index >= 15 is 9.59 Å². The van der Waals surface area contributed by atoms with Crippen LogP contribution in [0.25, 0.3) is 0 Å². The summed E-state index contributed by atoms with van der Waals surface area (Å²) in [7, 11) is 9.75. The van der Waals surface area contributed by atoms with E-state index in [9.17, 15) is 48.3 Å². The van der Waals surface area contributed by atoms with Crippen molar-refractivity contribution in [2.75, 3.05) is 49.3 Å². The van der Waals surface area contributed by atoms with Gasteiger partial charge < -0.3 is 60.7 Å². The van der Waals surface area contributed by atoms with E-state index in [1.165, 1.54) is 82.8 Å². The molecule has 23 heteroatoms. The van der Waals surface area contributed by atoms with Crippen LogP contribution in [0.3, 0.4) is 0 Å². The van der Waals surface area contributed by atoms with Gasteiger partial charge in [-0.25, -0.2) is 0 Å². The van der Waals surface area contributed by atoms with Crippen LogP contribution in [0.15, 0.2) is 24.4 Å². The van der Waals surface area contributed by atoms with Crippen LogP contribution in [-0.2, 0) is 52.7 Å². The Kier molecular flexibility index (Phi) is 31.4. The van der Waals surface area contributed by atoms with Gasteiger partial charge >= 0.3 is 0 Å². The number of carbonyl (C=O) groups is 11. The lowest BCUT2D eigenvalue weighted by Gasteiger charge is -2.41. The summed E-state index contributed by atoms with van der Waals surface area (Å²) in [5, 5.41) is 23.0. The van der Waals surface area contributed by atoms with Crippen molar-refractivity contribution in [2.24, 2.45) is 41.4 Å². The molecule has 0 aliphatic carbocycles. The van der Waals surface area contributed by atoms with Gasteiger partial charge in [0, 0.05) is 49.3 Å². The van der Waals surface area contributed by atoms with Crippen LogP contribution in [0.2, 0.25) is 0 Å². The van der Waals surface area contributed by atoms with Crippen LogP contribution in [0.5, 0.6) is 0 Å². The Hall–Kier alpha value is -6.39. The predicted octanol–water partition coefficient (Wildman–Crippen LogP) is 3.78. The van der Waals surface area contributed by atoms with E-state index in [1.54, 1.807) is 60.6 Å². The topological polar surface area (TPSA) is 279 Å². The highest BCUT2D eigenvalue weighted by Gasteiger charge is 2.46. The Morgan fingerprint density at radius 3 is 1.31 bits per heavy atom. The van der Waals surface area contributed by atoms with Gasteiger partial charge in [-0.15, -0.1) is 0 Å². The third-order valence-corrected chi connectivity index (χ3v) is 16.2. The maximum absolute atomic E-state index is 15.2. The van der Waals surface area contributed by atoms with E-state index in [2.05, 4.69) is 27.8 Å². The third kappa shape index (κ3) is 20.9. The summed E-state index contributed by atoms with van der Waals surface area (Å²) >= 11 is 0. The number of aliphatic hydroxyl groups excluding tert-OH is 1. The molecule has 1 fully saturated rings. The molecule has 1 aliphatic rings. The standard InChI is InChI=1S/C63H111N11O12/c1-26-28-29-40(15)52(75)51-56(79)66-44(27-2)59(82)68(19)43(18)58(81)69(20)46(31-35(5)6)55(78)67-49(38(11)12)62(85)70(21)45(30-34(3)4)54(77)64-41(16)53(76)65-42(17)57(80)71(22)47(32-36(7)8)60(83)72(23)48(33-37(9)10)61(84)73(24)50(39(13)14)63(86)74(51)25/h26,28,34-42,44-52,75H,18,27,29-33H2,1-17,19-25H3,(H,64,77)(H,65,76)(H,66,79)(H,67,78)/b28-26+/t40-,41+,42+,44+,45+,46+,47+,48+,49+,50+,51+,52-/m1/s1. The van der Waals surface area contributed by atoms with Crippen LogP contribution in [0, 0.1) is 41.4 Å². The second kappa shape index (κ2) is 34.8. The number of allylic oxidation sites excluding steroid dienone is 2. The van der Waals surface area contributed by atoms with Crippen molar-refractivity contribution in [3.8, 4) is 0 Å². The molecule has 0 saturated carbocycles. The number of carbonyl (C=O) groups excluding carboxylic acids is 11. The summed E-state index contributed by atoms with van der Waals surface area (Å²) in [5.74, 6) is -10.3. The van der Waals surface area contributed by atoms with Gasteiger partial charge in [-0.05, 0) is 101 Å². The second-order valence-corrected chi connectivity index (χ2v) is 26.2. The molecule has 86 heavy (non-hydrogen) atoms. The Balaban J connectivity index is 4.38. The Labute approximate surface area is 514 Å². The zero-order chi connectivity index (χ0) is 66.8. The fourth-order valence-corrected chi connectivity index (χ4v) is 10.7. The molecule has 23 nitrogen and oxygen atoms in total. The van der Waals surface area contributed by atoms with Crippen molar-refractivity contribution in [1.82, 2.24) is 55.6 Å². The lowest BCUT2D eigenvalue weighted by Crippen LogP contribution is -2.63. The lowest BCUT2D eigenvalue weighted by molar-refractivity contribution is -0.157. The summed E-state index contributed by atoms with van der Waals surface area (Å²) < 4.78 is 0. The fourth-order valence-electron chi connectivity index (χ4n) is 10.7. The Morgan fingerprint density at radius 1 is 0.465 bits per heavy atom. The van der Waals surface area contributed by atoms with Gasteiger partial charge in [-0.3, -0.25) is 52.7 Å². The van der Waals surface area contributed by atoms with Crippen LogP contribution in [0.1, 0.15) is 156 Å². The van der Waals surface area contributed by atoms with Crippen LogP contribution < -0.4 is 21.3 Å². The number of rotatable bonds is 15. The number of likely N-dealkylation sites (N-methyl/N-ethyl adjacent to an activating group) is 7. The minimum atomic E-state index is -1.64. The van der Waals surface area contributed by atoms with Gasteiger partial charge in [-0.2, -0.15) is 0 Å². The molecule has 0 unspecified atom stereocenters. The van der Waals surface area contributed by atoms with E-state index in [-0.39, 0.29) is 61.5 Å². The maximum atomic E-state index is 15.2. The number of amides is 11. The molecule has 11 amide bonds. The number of hydrogen-bond acceptors (Lipinski definition) is 12. The average Bonchev–Trinajstić information content (AvgIpc) is 2.39. The molecular weight excluding hydrogens is 1100 g/mol. The average molecular weight is 1210 g/mol. The monoisotopic (exact) mass is 1210 g/mol. The molecule has 0 aromatic rings. The van der Waals surface area contributed by atoms with Gasteiger partial charge in [0.2, 0.25) is 59.1 Å². The van der Waals surface area contributed by atoms with Crippen molar-refractivity contribution in [2.45, 2.75) is 223 Å². The van der Waals surface area contributed by atoms with Crippen LogP contribution in [0.4, 0.5) is 0 Å². The first-order valence-corrected chi connectivity index (χ1v) is 30.7. The van der Waals surface area contributed by atoms with Gasteiger partial charge in [0.15, 0.2) is 0 Å².